The number of aryl methyl sites for hydroxylation is 1. The lowest BCUT2D eigenvalue weighted by Crippen LogP contribution is -2.39. The number of nitrogens with two attached hydrogens (primary N) is 1. The van der Waals surface area contributed by atoms with Crippen LogP contribution in [0.1, 0.15) is 34.3 Å². The van der Waals surface area contributed by atoms with E-state index >= 15 is 0 Å². The Morgan fingerprint density at radius 3 is 2.52 bits per heavy atom. The molecule has 0 aliphatic carbocycles. The Morgan fingerprint density at radius 1 is 1.13 bits per heavy atom. The van der Waals surface area contributed by atoms with Crippen molar-refractivity contribution in [2.24, 2.45) is 5.92 Å². The minimum atomic E-state index is 0.118. The molecule has 0 radical (unpaired) electrons. The number of likely N-dealkylation sites (tertiary alicyclic amines) is 1. The highest BCUT2D eigenvalue weighted by Crippen LogP contribution is 2.24. The summed E-state index contributed by atoms with van der Waals surface area (Å²) < 4.78 is 0. The summed E-state index contributed by atoms with van der Waals surface area (Å²) in [4.78, 5) is 14.7. The van der Waals surface area contributed by atoms with E-state index in [0.717, 1.165) is 43.5 Å². The molecule has 3 heteroatoms. The molecule has 1 aliphatic rings. The number of carbonyl (C=O) groups excluding carboxylic acids is 1. The molecular formula is C20H24N2O. The largest absolute Gasteiger partial charge is 0.399 e. The van der Waals surface area contributed by atoms with E-state index in [9.17, 15) is 4.79 Å². The van der Waals surface area contributed by atoms with E-state index in [1.165, 1.54) is 5.56 Å². The molecule has 0 spiro atoms. The number of nitrogen functional groups attached to an aromatic ring is 1. The topological polar surface area (TPSA) is 46.3 Å². The summed E-state index contributed by atoms with van der Waals surface area (Å²) in [6, 6.07) is 16.2. The van der Waals surface area contributed by atoms with Crippen molar-refractivity contribution in [3.8, 4) is 0 Å². The average Bonchev–Trinajstić information content (AvgIpc) is 2.58. The van der Waals surface area contributed by atoms with Gasteiger partial charge in [-0.1, -0.05) is 36.4 Å². The summed E-state index contributed by atoms with van der Waals surface area (Å²) in [5.74, 6) is 0.788. The summed E-state index contributed by atoms with van der Waals surface area (Å²) >= 11 is 0. The Labute approximate surface area is 138 Å². The van der Waals surface area contributed by atoms with E-state index in [1.54, 1.807) is 6.07 Å². The third-order valence-electron chi connectivity index (χ3n) is 4.76. The van der Waals surface area contributed by atoms with Crippen molar-refractivity contribution in [1.82, 2.24) is 4.90 Å². The lowest BCUT2D eigenvalue weighted by molar-refractivity contribution is 0.0690. The Bertz CT molecular complexity index is 673. The first-order valence-electron chi connectivity index (χ1n) is 8.33. The van der Waals surface area contributed by atoms with Crippen LogP contribution in [0.15, 0.2) is 48.5 Å². The van der Waals surface area contributed by atoms with Crippen molar-refractivity contribution in [2.75, 3.05) is 18.8 Å². The molecular weight excluding hydrogens is 284 g/mol. The summed E-state index contributed by atoms with van der Waals surface area (Å²) in [6.45, 7) is 3.64. The number of nitrogens with zero attached hydrogens (tertiary/aromatic N) is 1. The SMILES string of the molecule is Cc1ccc(N)cc1C(=O)N1CCC(Cc2ccccc2)CC1. The van der Waals surface area contributed by atoms with Gasteiger partial charge in [0.1, 0.15) is 0 Å². The van der Waals surface area contributed by atoms with Crippen molar-refractivity contribution in [3.63, 3.8) is 0 Å². The molecule has 1 fully saturated rings. The van der Waals surface area contributed by atoms with Gasteiger partial charge in [-0.05, 0) is 55.4 Å². The predicted molar refractivity (Wildman–Crippen MR) is 94.4 cm³/mol. The zero-order chi connectivity index (χ0) is 16.2. The summed E-state index contributed by atoms with van der Waals surface area (Å²) in [7, 11) is 0. The normalized spacial score (nSPS) is 15.6. The number of hydrogen-bond acceptors (Lipinski definition) is 2. The van der Waals surface area contributed by atoms with Gasteiger partial charge in [0, 0.05) is 24.3 Å². The molecule has 1 aliphatic heterocycles. The standard InChI is InChI=1S/C20H24N2O/c1-15-7-8-18(21)14-19(15)20(23)22-11-9-17(10-12-22)13-16-5-3-2-4-6-16/h2-8,14,17H,9-13,21H2,1H3. The van der Waals surface area contributed by atoms with Gasteiger partial charge >= 0.3 is 0 Å². The third kappa shape index (κ3) is 3.73. The van der Waals surface area contributed by atoms with Crippen LogP contribution in [-0.2, 0) is 6.42 Å². The third-order valence-corrected chi connectivity index (χ3v) is 4.76. The average molecular weight is 308 g/mol. The molecule has 2 aromatic carbocycles. The fourth-order valence-corrected chi connectivity index (χ4v) is 3.33. The van der Waals surface area contributed by atoms with Gasteiger partial charge in [-0.25, -0.2) is 0 Å². The molecule has 3 nitrogen and oxygen atoms in total. The molecule has 1 amide bonds. The van der Waals surface area contributed by atoms with E-state index in [4.69, 9.17) is 5.73 Å². The summed E-state index contributed by atoms with van der Waals surface area (Å²) in [6.07, 6.45) is 3.25. The Hall–Kier alpha value is -2.29. The summed E-state index contributed by atoms with van der Waals surface area (Å²) in [5.41, 5.74) is 9.61. The lowest BCUT2D eigenvalue weighted by Gasteiger charge is -2.32. The number of hydrogen-bond donors (Lipinski definition) is 1. The smallest absolute Gasteiger partial charge is 0.254 e. The second-order valence-electron chi connectivity index (χ2n) is 6.50. The van der Waals surface area contributed by atoms with E-state index in [-0.39, 0.29) is 5.91 Å². The zero-order valence-corrected chi connectivity index (χ0v) is 13.7. The molecule has 120 valence electrons. The van der Waals surface area contributed by atoms with Gasteiger partial charge in [-0.15, -0.1) is 0 Å². The van der Waals surface area contributed by atoms with Crippen molar-refractivity contribution >= 4 is 11.6 Å². The van der Waals surface area contributed by atoms with Gasteiger partial charge < -0.3 is 10.6 Å². The molecule has 0 unspecified atom stereocenters. The van der Waals surface area contributed by atoms with Crippen LogP contribution in [0.5, 0.6) is 0 Å². The highest BCUT2D eigenvalue weighted by atomic mass is 16.2. The molecule has 2 N–H and O–H groups in total. The van der Waals surface area contributed by atoms with Crippen LogP contribution >= 0.6 is 0 Å². The van der Waals surface area contributed by atoms with E-state index in [1.807, 2.05) is 24.0 Å². The molecule has 0 aromatic heterocycles. The second-order valence-corrected chi connectivity index (χ2v) is 6.50. The van der Waals surface area contributed by atoms with E-state index < -0.39 is 0 Å². The number of benzene rings is 2. The first-order valence-corrected chi connectivity index (χ1v) is 8.33. The predicted octanol–water partition coefficient (Wildman–Crippen LogP) is 3.67. The highest BCUT2D eigenvalue weighted by molar-refractivity contribution is 5.96. The molecule has 0 saturated carbocycles. The van der Waals surface area contributed by atoms with Gasteiger partial charge in [0.05, 0.1) is 0 Å². The van der Waals surface area contributed by atoms with Crippen molar-refractivity contribution < 1.29 is 4.79 Å². The van der Waals surface area contributed by atoms with Crippen LogP contribution in [0.4, 0.5) is 5.69 Å². The minimum Gasteiger partial charge on any atom is -0.399 e. The molecule has 2 aromatic rings. The maximum Gasteiger partial charge on any atom is 0.254 e. The monoisotopic (exact) mass is 308 g/mol. The Balaban J connectivity index is 1.60. The van der Waals surface area contributed by atoms with Crippen LogP contribution in [0.25, 0.3) is 0 Å². The van der Waals surface area contributed by atoms with E-state index in [2.05, 4.69) is 30.3 Å². The Morgan fingerprint density at radius 2 is 1.83 bits per heavy atom. The summed E-state index contributed by atoms with van der Waals surface area (Å²) in [5, 5.41) is 0. The van der Waals surface area contributed by atoms with Crippen molar-refractivity contribution in [3.05, 3.63) is 65.2 Å². The van der Waals surface area contributed by atoms with Crippen LogP contribution in [0.2, 0.25) is 0 Å². The number of amides is 1. The fraction of sp³-hybridized carbons (Fsp3) is 0.350. The van der Waals surface area contributed by atoms with Crippen LogP contribution in [0, 0.1) is 12.8 Å². The number of carbonyl (C=O) groups is 1. The lowest BCUT2D eigenvalue weighted by atomic mass is 9.90. The van der Waals surface area contributed by atoms with Crippen LogP contribution in [-0.4, -0.2) is 23.9 Å². The quantitative estimate of drug-likeness (QED) is 0.879. The minimum absolute atomic E-state index is 0.118. The second kappa shape index (κ2) is 6.86. The van der Waals surface area contributed by atoms with Gasteiger partial charge in [-0.3, -0.25) is 4.79 Å². The van der Waals surface area contributed by atoms with Gasteiger partial charge in [0.2, 0.25) is 0 Å². The molecule has 1 saturated heterocycles. The first kappa shape index (κ1) is 15.6. The molecule has 23 heavy (non-hydrogen) atoms. The molecule has 0 bridgehead atoms. The van der Waals surface area contributed by atoms with Crippen LogP contribution < -0.4 is 5.73 Å². The molecule has 0 atom stereocenters. The number of piperidine rings is 1. The first-order chi connectivity index (χ1) is 11.1. The van der Waals surface area contributed by atoms with Gasteiger partial charge in [-0.2, -0.15) is 0 Å². The van der Waals surface area contributed by atoms with Gasteiger partial charge in [0.25, 0.3) is 5.91 Å². The van der Waals surface area contributed by atoms with Crippen LogP contribution in [0.3, 0.4) is 0 Å². The fourth-order valence-electron chi connectivity index (χ4n) is 3.33. The molecule has 3 rings (SSSR count). The Kier molecular flexibility index (Phi) is 4.65. The van der Waals surface area contributed by atoms with Crippen molar-refractivity contribution in [1.29, 1.82) is 0 Å². The van der Waals surface area contributed by atoms with Gasteiger partial charge in [0.15, 0.2) is 0 Å². The maximum absolute atomic E-state index is 12.7. The number of anilines is 1. The maximum atomic E-state index is 12.7. The zero-order valence-electron chi connectivity index (χ0n) is 13.7. The molecule has 1 heterocycles. The van der Waals surface area contributed by atoms with E-state index in [0.29, 0.717) is 11.6 Å². The number of rotatable bonds is 3. The highest BCUT2D eigenvalue weighted by Gasteiger charge is 2.24. The van der Waals surface area contributed by atoms with Crippen molar-refractivity contribution in [2.45, 2.75) is 26.2 Å².